The Hall–Kier alpha value is -3.80. The number of ketones is 1. The molecular formula is C23H21NO5. The third-order valence-corrected chi connectivity index (χ3v) is 4.06. The summed E-state index contributed by atoms with van der Waals surface area (Å²) in [5.41, 5.74) is 1.04. The Morgan fingerprint density at radius 3 is 2.31 bits per heavy atom. The average molecular weight is 391 g/mol. The zero-order valence-corrected chi connectivity index (χ0v) is 16.2. The van der Waals surface area contributed by atoms with Crippen molar-refractivity contribution in [3.05, 3.63) is 78.4 Å². The number of hydrogen-bond donors (Lipinski definition) is 1. The van der Waals surface area contributed by atoms with Crippen LogP contribution in [0.2, 0.25) is 0 Å². The lowest BCUT2D eigenvalue weighted by Gasteiger charge is -2.14. The van der Waals surface area contributed by atoms with Crippen molar-refractivity contribution in [3.8, 4) is 23.0 Å². The summed E-state index contributed by atoms with van der Waals surface area (Å²) >= 11 is 0. The molecule has 0 saturated heterocycles. The zero-order chi connectivity index (χ0) is 20.6. The van der Waals surface area contributed by atoms with Crippen LogP contribution in [0.15, 0.2) is 72.8 Å². The SMILES string of the molecule is COc1cc(C(C)=O)ccc1OCC(=O)Nc1ccccc1Oc1ccccc1. The smallest absolute Gasteiger partial charge is 0.262 e. The van der Waals surface area contributed by atoms with Crippen LogP contribution in [0.4, 0.5) is 5.69 Å². The maximum Gasteiger partial charge on any atom is 0.262 e. The number of carbonyl (C=O) groups excluding carboxylic acids is 2. The van der Waals surface area contributed by atoms with E-state index in [-0.39, 0.29) is 18.3 Å². The molecule has 0 radical (unpaired) electrons. The molecule has 0 bridgehead atoms. The van der Waals surface area contributed by atoms with E-state index in [4.69, 9.17) is 14.2 Å². The molecule has 3 aromatic rings. The molecule has 0 aliphatic carbocycles. The molecule has 0 heterocycles. The van der Waals surface area contributed by atoms with Gasteiger partial charge in [0.25, 0.3) is 5.91 Å². The molecule has 1 N–H and O–H groups in total. The van der Waals surface area contributed by atoms with Crippen molar-refractivity contribution in [1.29, 1.82) is 0 Å². The number of hydrogen-bond acceptors (Lipinski definition) is 5. The van der Waals surface area contributed by atoms with Gasteiger partial charge in [0.2, 0.25) is 0 Å². The van der Waals surface area contributed by atoms with Crippen LogP contribution in [0.25, 0.3) is 0 Å². The van der Waals surface area contributed by atoms with Crippen LogP contribution < -0.4 is 19.5 Å². The highest BCUT2D eigenvalue weighted by molar-refractivity contribution is 5.95. The molecule has 0 aliphatic rings. The number of para-hydroxylation sites is 3. The van der Waals surface area contributed by atoms with Crippen molar-refractivity contribution in [2.24, 2.45) is 0 Å². The molecule has 0 aliphatic heterocycles. The number of nitrogens with one attached hydrogen (secondary N) is 1. The Balaban J connectivity index is 1.65. The molecule has 1 amide bonds. The van der Waals surface area contributed by atoms with E-state index in [9.17, 15) is 9.59 Å². The van der Waals surface area contributed by atoms with Gasteiger partial charge in [-0.05, 0) is 49.4 Å². The lowest BCUT2D eigenvalue weighted by atomic mass is 10.1. The number of methoxy groups -OCH3 is 1. The number of ether oxygens (including phenoxy) is 3. The van der Waals surface area contributed by atoms with Gasteiger partial charge < -0.3 is 19.5 Å². The standard InChI is InChI=1S/C23H21NO5/c1-16(25)17-12-13-21(22(14-17)27-2)28-15-23(26)24-19-10-6-7-11-20(19)29-18-8-4-3-5-9-18/h3-14H,15H2,1-2H3,(H,24,26). The Kier molecular flexibility index (Phi) is 6.47. The fraction of sp³-hybridized carbons (Fsp3) is 0.130. The molecule has 0 unspecified atom stereocenters. The third kappa shape index (κ3) is 5.35. The van der Waals surface area contributed by atoms with E-state index in [0.29, 0.717) is 34.2 Å². The summed E-state index contributed by atoms with van der Waals surface area (Å²) in [6.45, 7) is 1.24. The number of rotatable bonds is 8. The highest BCUT2D eigenvalue weighted by Gasteiger charge is 2.12. The van der Waals surface area contributed by atoms with Crippen LogP contribution in [0.3, 0.4) is 0 Å². The Labute approximate surface area is 169 Å². The van der Waals surface area contributed by atoms with Gasteiger partial charge in [-0.15, -0.1) is 0 Å². The molecule has 0 saturated carbocycles. The second kappa shape index (κ2) is 9.41. The van der Waals surface area contributed by atoms with E-state index in [1.165, 1.54) is 14.0 Å². The van der Waals surface area contributed by atoms with Crippen molar-refractivity contribution in [1.82, 2.24) is 0 Å². The van der Waals surface area contributed by atoms with Crippen LogP contribution in [-0.2, 0) is 4.79 Å². The molecule has 3 aromatic carbocycles. The minimum Gasteiger partial charge on any atom is -0.493 e. The van der Waals surface area contributed by atoms with Crippen molar-refractivity contribution in [2.45, 2.75) is 6.92 Å². The second-order valence-electron chi connectivity index (χ2n) is 6.17. The molecule has 0 aromatic heterocycles. The van der Waals surface area contributed by atoms with Gasteiger partial charge >= 0.3 is 0 Å². The predicted octanol–water partition coefficient (Wildman–Crippen LogP) is 4.71. The highest BCUT2D eigenvalue weighted by Crippen LogP contribution is 2.30. The number of Topliss-reactive ketones (excluding diaryl/α,β-unsaturated/α-hetero) is 1. The van der Waals surface area contributed by atoms with E-state index < -0.39 is 0 Å². The molecule has 148 valence electrons. The minimum absolute atomic E-state index is 0.0809. The largest absolute Gasteiger partial charge is 0.493 e. The fourth-order valence-electron chi connectivity index (χ4n) is 2.61. The van der Waals surface area contributed by atoms with E-state index >= 15 is 0 Å². The van der Waals surface area contributed by atoms with Crippen molar-refractivity contribution >= 4 is 17.4 Å². The average Bonchev–Trinajstić information content (AvgIpc) is 2.74. The number of carbonyl (C=O) groups is 2. The Morgan fingerprint density at radius 2 is 1.59 bits per heavy atom. The van der Waals surface area contributed by atoms with Gasteiger partial charge in [0.05, 0.1) is 12.8 Å². The van der Waals surface area contributed by atoms with Crippen LogP contribution >= 0.6 is 0 Å². The summed E-state index contributed by atoms with van der Waals surface area (Å²) in [6, 6.07) is 21.3. The molecule has 0 atom stereocenters. The van der Waals surface area contributed by atoms with Crippen LogP contribution in [-0.4, -0.2) is 25.4 Å². The molecule has 6 nitrogen and oxygen atoms in total. The topological polar surface area (TPSA) is 73.9 Å². The maximum atomic E-state index is 12.4. The van der Waals surface area contributed by atoms with Gasteiger partial charge in [0.1, 0.15) is 5.75 Å². The van der Waals surface area contributed by atoms with E-state index in [0.717, 1.165) is 0 Å². The fourth-order valence-corrected chi connectivity index (χ4v) is 2.61. The van der Waals surface area contributed by atoms with Crippen molar-refractivity contribution < 1.29 is 23.8 Å². The Morgan fingerprint density at radius 1 is 0.862 bits per heavy atom. The first-order valence-electron chi connectivity index (χ1n) is 9.00. The van der Waals surface area contributed by atoms with Gasteiger partial charge in [0.15, 0.2) is 29.6 Å². The van der Waals surface area contributed by atoms with E-state index in [1.807, 2.05) is 36.4 Å². The first kappa shape index (κ1) is 19.9. The third-order valence-electron chi connectivity index (χ3n) is 4.06. The Bertz CT molecular complexity index is 1000. The first-order chi connectivity index (χ1) is 14.1. The molecule has 6 heteroatoms. The van der Waals surface area contributed by atoms with Gasteiger partial charge in [-0.25, -0.2) is 0 Å². The van der Waals surface area contributed by atoms with Gasteiger partial charge in [-0.2, -0.15) is 0 Å². The molecular weight excluding hydrogens is 370 g/mol. The molecule has 0 spiro atoms. The summed E-state index contributed by atoms with van der Waals surface area (Å²) in [4.78, 5) is 23.9. The van der Waals surface area contributed by atoms with E-state index in [2.05, 4.69) is 5.32 Å². The monoisotopic (exact) mass is 391 g/mol. The minimum atomic E-state index is -0.355. The number of anilines is 1. The number of amides is 1. The lowest BCUT2D eigenvalue weighted by molar-refractivity contribution is -0.118. The first-order valence-corrected chi connectivity index (χ1v) is 9.00. The van der Waals surface area contributed by atoms with Crippen LogP contribution in [0, 0.1) is 0 Å². The second-order valence-corrected chi connectivity index (χ2v) is 6.17. The molecule has 3 rings (SSSR count). The molecule has 0 fully saturated rings. The zero-order valence-electron chi connectivity index (χ0n) is 16.2. The lowest BCUT2D eigenvalue weighted by Crippen LogP contribution is -2.20. The maximum absolute atomic E-state index is 12.4. The van der Waals surface area contributed by atoms with Crippen LogP contribution in [0.5, 0.6) is 23.0 Å². The van der Waals surface area contributed by atoms with E-state index in [1.54, 1.807) is 36.4 Å². The predicted molar refractivity (Wildman–Crippen MR) is 110 cm³/mol. The quantitative estimate of drug-likeness (QED) is 0.563. The van der Waals surface area contributed by atoms with Gasteiger partial charge in [0, 0.05) is 5.56 Å². The van der Waals surface area contributed by atoms with Gasteiger partial charge in [-0.3, -0.25) is 9.59 Å². The number of benzene rings is 3. The summed E-state index contributed by atoms with van der Waals surface area (Å²) < 4.78 is 16.6. The summed E-state index contributed by atoms with van der Waals surface area (Å²) in [7, 11) is 1.48. The normalized spacial score (nSPS) is 10.1. The summed E-state index contributed by atoms with van der Waals surface area (Å²) in [6.07, 6.45) is 0. The van der Waals surface area contributed by atoms with Gasteiger partial charge in [-0.1, -0.05) is 30.3 Å². The highest BCUT2D eigenvalue weighted by atomic mass is 16.5. The summed E-state index contributed by atoms with van der Waals surface area (Å²) in [5.74, 6) is 1.52. The summed E-state index contributed by atoms with van der Waals surface area (Å²) in [5, 5.41) is 2.78. The van der Waals surface area contributed by atoms with Crippen molar-refractivity contribution in [2.75, 3.05) is 19.0 Å². The molecule has 29 heavy (non-hydrogen) atoms. The van der Waals surface area contributed by atoms with Crippen molar-refractivity contribution in [3.63, 3.8) is 0 Å². The van der Waals surface area contributed by atoms with Crippen LogP contribution in [0.1, 0.15) is 17.3 Å².